The van der Waals surface area contributed by atoms with E-state index >= 15 is 0 Å². The van der Waals surface area contributed by atoms with E-state index in [-0.39, 0.29) is 6.29 Å². The van der Waals surface area contributed by atoms with E-state index in [0.717, 1.165) is 12.8 Å². The number of hydrogen-bond acceptors (Lipinski definition) is 2. The van der Waals surface area contributed by atoms with E-state index in [1.807, 2.05) is 18.2 Å². The summed E-state index contributed by atoms with van der Waals surface area (Å²) in [6.07, 6.45) is 2.37. The van der Waals surface area contributed by atoms with E-state index in [4.69, 9.17) is 9.47 Å². The van der Waals surface area contributed by atoms with Gasteiger partial charge in [-0.15, -0.1) is 0 Å². The van der Waals surface area contributed by atoms with Crippen molar-refractivity contribution in [2.24, 2.45) is 0 Å². The van der Waals surface area contributed by atoms with Crippen LogP contribution >= 0.6 is 0 Å². The van der Waals surface area contributed by atoms with Crippen LogP contribution in [0.5, 0.6) is 0 Å². The monoisotopic (exact) mass is 206 g/mol. The maximum atomic E-state index is 5.74. The molecule has 2 rings (SSSR count). The Hall–Kier alpha value is -0.860. The van der Waals surface area contributed by atoms with Crippen molar-refractivity contribution < 1.29 is 9.47 Å². The lowest BCUT2D eigenvalue weighted by atomic mass is 10.1. The predicted molar refractivity (Wildman–Crippen MR) is 59.6 cm³/mol. The highest BCUT2D eigenvalue weighted by molar-refractivity contribution is 5.15. The maximum Gasteiger partial charge on any atom is 0.162 e. The number of hydrogen-bond donors (Lipinski definition) is 0. The Morgan fingerprint density at radius 1 is 1.07 bits per heavy atom. The van der Waals surface area contributed by atoms with Crippen LogP contribution in [0.15, 0.2) is 30.3 Å². The van der Waals surface area contributed by atoms with E-state index in [1.54, 1.807) is 0 Å². The maximum absolute atomic E-state index is 5.74. The third-order valence-corrected chi connectivity index (χ3v) is 2.68. The third-order valence-electron chi connectivity index (χ3n) is 2.68. The van der Waals surface area contributed by atoms with E-state index in [1.165, 1.54) is 5.56 Å². The highest BCUT2D eigenvalue weighted by Crippen LogP contribution is 2.20. The zero-order chi connectivity index (χ0) is 10.7. The number of rotatable bonds is 2. The molecule has 15 heavy (non-hydrogen) atoms. The molecule has 1 heterocycles. The van der Waals surface area contributed by atoms with Gasteiger partial charge in [-0.05, 0) is 25.8 Å². The average Bonchev–Trinajstić information content (AvgIpc) is 2.17. The molecular weight excluding hydrogens is 188 g/mol. The molecule has 0 bridgehead atoms. The Morgan fingerprint density at radius 3 is 2.27 bits per heavy atom. The minimum atomic E-state index is -0.0776. The average molecular weight is 206 g/mol. The lowest BCUT2D eigenvalue weighted by molar-refractivity contribution is -0.232. The van der Waals surface area contributed by atoms with E-state index < -0.39 is 0 Å². The molecule has 2 nitrogen and oxygen atoms in total. The van der Waals surface area contributed by atoms with Gasteiger partial charge in [0, 0.05) is 6.42 Å². The molecule has 0 amide bonds. The van der Waals surface area contributed by atoms with Crippen LogP contribution in [0.25, 0.3) is 0 Å². The molecule has 0 aliphatic carbocycles. The Kier molecular flexibility index (Phi) is 3.39. The highest BCUT2D eigenvalue weighted by Gasteiger charge is 2.24. The molecule has 1 aromatic rings. The van der Waals surface area contributed by atoms with Gasteiger partial charge in [0.15, 0.2) is 6.29 Å². The Morgan fingerprint density at radius 2 is 1.67 bits per heavy atom. The number of benzene rings is 1. The molecule has 0 radical (unpaired) electrons. The van der Waals surface area contributed by atoms with E-state index in [2.05, 4.69) is 26.0 Å². The van der Waals surface area contributed by atoms with Gasteiger partial charge in [-0.1, -0.05) is 30.3 Å². The molecule has 1 aliphatic rings. The summed E-state index contributed by atoms with van der Waals surface area (Å²) in [6.45, 7) is 4.22. The standard InChI is InChI=1S/C13H18O2/c1-10-8-11(2)15-13(14-10)9-12-6-4-3-5-7-12/h3-7,10-11,13H,8-9H2,1-2H3/t10-,11-/m1/s1. The van der Waals surface area contributed by atoms with Crippen LogP contribution in [-0.4, -0.2) is 18.5 Å². The molecule has 1 saturated heterocycles. The highest BCUT2D eigenvalue weighted by atomic mass is 16.7. The summed E-state index contributed by atoms with van der Waals surface area (Å²) in [5.74, 6) is 0. The molecule has 2 heteroatoms. The van der Waals surface area contributed by atoms with Gasteiger partial charge >= 0.3 is 0 Å². The summed E-state index contributed by atoms with van der Waals surface area (Å²) < 4.78 is 11.5. The van der Waals surface area contributed by atoms with Crippen LogP contribution in [0.1, 0.15) is 25.8 Å². The first-order valence-corrected chi connectivity index (χ1v) is 5.59. The topological polar surface area (TPSA) is 18.5 Å². The van der Waals surface area contributed by atoms with Gasteiger partial charge in [-0.25, -0.2) is 0 Å². The lowest BCUT2D eigenvalue weighted by Crippen LogP contribution is -2.36. The van der Waals surface area contributed by atoms with Crippen molar-refractivity contribution in [3.05, 3.63) is 35.9 Å². The molecule has 82 valence electrons. The molecule has 0 aromatic heterocycles. The second-order valence-electron chi connectivity index (χ2n) is 4.25. The minimum absolute atomic E-state index is 0.0776. The van der Waals surface area contributed by atoms with Gasteiger partial charge in [0.1, 0.15) is 0 Å². The van der Waals surface area contributed by atoms with Crippen LogP contribution in [0.4, 0.5) is 0 Å². The van der Waals surface area contributed by atoms with Gasteiger partial charge in [-0.3, -0.25) is 0 Å². The first kappa shape index (κ1) is 10.7. The van der Waals surface area contributed by atoms with Gasteiger partial charge in [-0.2, -0.15) is 0 Å². The van der Waals surface area contributed by atoms with E-state index in [9.17, 15) is 0 Å². The quantitative estimate of drug-likeness (QED) is 0.740. The zero-order valence-corrected chi connectivity index (χ0v) is 9.35. The van der Waals surface area contributed by atoms with Gasteiger partial charge < -0.3 is 9.47 Å². The molecule has 0 spiro atoms. The van der Waals surface area contributed by atoms with Crippen molar-refractivity contribution >= 4 is 0 Å². The second-order valence-corrected chi connectivity index (χ2v) is 4.25. The molecule has 1 aliphatic heterocycles. The Labute approximate surface area is 91.2 Å². The van der Waals surface area contributed by atoms with Gasteiger partial charge in [0.25, 0.3) is 0 Å². The van der Waals surface area contributed by atoms with Crippen molar-refractivity contribution in [3.63, 3.8) is 0 Å². The summed E-state index contributed by atoms with van der Waals surface area (Å²) in [5, 5.41) is 0. The van der Waals surface area contributed by atoms with Crippen molar-refractivity contribution in [1.29, 1.82) is 0 Å². The normalized spacial score (nSPS) is 31.5. The van der Waals surface area contributed by atoms with E-state index in [0.29, 0.717) is 12.2 Å². The SMILES string of the molecule is C[C@@H]1C[C@@H](C)OC(Cc2ccccc2)O1. The smallest absolute Gasteiger partial charge is 0.162 e. The summed E-state index contributed by atoms with van der Waals surface area (Å²) in [7, 11) is 0. The molecular formula is C13H18O2. The molecule has 1 fully saturated rings. The van der Waals surface area contributed by atoms with Crippen molar-refractivity contribution in [1.82, 2.24) is 0 Å². The lowest BCUT2D eigenvalue weighted by Gasteiger charge is -2.32. The molecule has 1 aromatic carbocycles. The summed E-state index contributed by atoms with van der Waals surface area (Å²) in [6, 6.07) is 10.3. The minimum Gasteiger partial charge on any atom is -0.349 e. The summed E-state index contributed by atoms with van der Waals surface area (Å²) >= 11 is 0. The van der Waals surface area contributed by atoms with Crippen molar-refractivity contribution in [3.8, 4) is 0 Å². The first-order valence-electron chi connectivity index (χ1n) is 5.59. The fourth-order valence-corrected chi connectivity index (χ4v) is 2.03. The van der Waals surface area contributed by atoms with Gasteiger partial charge in [0.2, 0.25) is 0 Å². The Bertz CT molecular complexity index is 287. The number of ether oxygens (including phenoxy) is 2. The summed E-state index contributed by atoms with van der Waals surface area (Å²) in [5.41, 5.74) is 1.27. The van der Waals surface area contributed by atoms with Crippen LogP contribution in [0.3, 0.4) is 0 Å². The molecule has 2 atom stereocenters. The van der Waals surface area contributed by atoms with Crippen molar-refractivity contribution in [2.45, 2.75) is 45.2 Å². The zero-order valence-electron chi connectivity index (χ0n) is 9.35. The van der Waals surface area contributed by atoms with Crippen LogP contribution in [0.2, 0.25) is 0 Å². The predicted octanol–water partition coefficient (Wildman–Crippen LogP) is 2.77. The van der Waals surface area contributed by atoms with Gasteiger partial charge in [0.05, 0.1) is 12.2 Å². The van der Waals surface area contributed by atoms with Crippen LogP contribution in [0, 0.1) is 0 Å². The fourth-order valence-electron chi connectivity index (χ4n) is 2.03. The molecule has 0 unspecified atom stereocenters. The Balaban J connectivity index is 1.94. The van der Waals surface area contributed by atoms with Crippen molar-refractivity contribution in [2.75, 3.05) is 0 Å². The molecule has 0 saturated carbocycles. The largest absolute Gasteiger partial charge is 0.349 e. The summed E-state index contributed by atoms with van der Waals surface area (Å²) in [4.78, 5) is 0. The molecule has 0 N–H and O–H groups in total. The van der Waals surface area contributed by atoms with Crippen LogP contribution in [-0.2, 0) is 15.9 Å². The fraction of sp³-hybridized carbons (Fsp3) is 0.538. The van der Waals surface area contributed by atoms with Crippen LogP contribution < -0.4 is 0 Å². The second kappa shape index (κ2) is 4.77. The third kappa shape index (κ3) is 3.05. The first-order chi connectivity index (χ1) is 7.24.